The number of amides is 1. The van der Waals surface area contributed by atoms with Crippen molar-refractivity contribution in [3.05, 3.63) is 71.2 Å². The Morgan fingerprint density at radius 1 is 1.21 bits per heavy atom. The summed E-state index contributed by atoms with van der Waals surface area (Å²) in [4.78, 5) is 21.8. The molecule has 28 heavy (non-hydrogen) atoms. The fraction of sp³-hybridized carbons (Fsp3) is 0.364. The summed E-state index contributed by atoms with van der Waals surface area (Å²) in [6.07, 6.45) is 2.50. The largest absolute Gasteiger partial charge is 0.390 e. The molecule has 3 aromatic rings. The Hall–Kier alpha value is -2.70. The molecule has 3 heterocycles. The van der Waals surface area contributed by atoms with Crippen LogP contribution in [0.3, 0.4) is 0 Å². The summed E-state index contributed by atoms with van der Waals surface area (Å²) in [6.45, 7) is 4.52. The quantitative estimate of drug-likeness (QED) is 0.714. The van der Waals surface area contributed by atoms with Crippen LogP contribution in [0.1, 0.15) is 27.3 Å². The number of hydrogen-bond donors (Lipinski definition) is 1. The SMILES string of the molecule is Cc1cccn2c(CN3CC(O)C3)c(C(=O)N(C)CCc3ccccc3)nc12. The second-order valence-electron chi connectivity index (χ2n) is 7.60. The third kappa shape index (κ3) is 3.66. The van der Waals surface area contributed by atoms with Crippen LogP contribution in [-0.4, -0.2) is 63.0 Å². The summed E-state index contributed by atoms with van der Waals surface area (Å²) in [6, 6.07) is 14.2. The molecule has 0 saturated carbocycles. The van der Waals surface area contributed by atoms with E-state index in [0.29, 0.717) is 31.9 Å². The van der Waals surface area contributed by atoms with Gasteiger partial charge >= 0.3 is 0 Å². The number of imidazole rings is 1. The standard InChI is InChI=1S/C22H26N4O2/c1-16-7-6-11-26-19(15-25-13-18(27)14-25)20(23-21(16)26)22(28)24(2)12-10-17-8-4-3-5-9-17/h3-9,11,18,27H,10,12-15H2,1-2H3. The van der Waals surface area contributed by atoms with Gasteiger partial charge in [0.2, 0.25) is 0 Å². The maximum Gasteiger partial charge on any atom is 0.274 e. The van der Waals surface area contributed by atoms with Crippen LogP contribution in [0.2, 0.25) is 0 Å². The molecule has 0 aliphatic carbocycles. The van der Waals surface area contributed by atoms with E-state index >= 15 is 0 Å². The number of aryl methyl sites for hydroxylation is 1. The number of fused-ring (bicyclic) bond motifs is 1. The summed E-state index contributed by atoms with van der Waals surface area (Å²) in [5.74, 6) is -0.0601. The second-order valence-corrected chi connectivity index (χ2v) is 7.60. The van der Waals surface area contributed by atoms with Gasteiger partial charge < -0.3 is 14.4 Å². The van der Waals surface area contributed by atoms with Crippen LogP contribution in [0.4, 0.5) is 0 Å². The number of rotatable bonds is 6. The number of carbonyl (C=O) groups excluding carboxylic acids is 1. The molecule has 2 aromatic heterocycles. The van der Waals surface area contributed by atoms with Crippen LogP contribution in [-0.2, 0) is 13.0 Å². The Labute approximate surface area is 165 Å². The van der Waals surface area contributed by atoms with E-state index in [2.05, 4.69) is 17.0 Å². The number of likely N-dealkylation sites (N-methyl/N-ethyl adjacent to an activating group) is 1. The van der Waals surface area contributed by atoms with Gasteiger partial charge in [-0.1, -0.05) is 36.4 Å². The summed E-state index contributed by atoms with van der Waals surface area (Å²) in [5, 5.41) is 9.61. The van der Waals surface area contributed by atoms with Crippen LogP contribution in [0.15, 0.2) is 48.7 Å². The molecule has 146 valence electrons. The monoisotopic (exact) mass is 378 g/mol. The lowest BCUT2D eigenvalue weighted by atomic mass is 10.1. The van der Waals surface area contributed by atoms with Crippen molar-refractivity contribution in [2.75, 3.05) is 26.7 Å². The summed E-state index contributed by atoms with van der Waals surface area (Å²) in [5.41, 5.74) is 4.47. The number of benzene rings is 1. The fourth-order valence-electron chi connectivity index (χ4n) is 3.68. The molecular weight excluding hydrogens is 352 g/mol. The molecule has 0 radical (unpaired) electrons. The van der Waals surface area contributed by atoms with Crippen LogP contribution >= 0.6 is 0 Å². The highest BCUT2D eigenvalue weighted by Crippen LogP contribution is 2.21. The van der Waals surface area contributed by atoms with E-state index in [1.54, 1.807) is 4.90 Å². The van der Waals surface area contributed by atoms with Gasteiger partial charge in [-0.3, -0.25) is 9.69 Å². The van der Waals surface area contributed by atoms with Crippen LogP contribution in [0.5, 0.6) is 0 Å². The minimum absolute atomic E-state index is 0.0601. The van der Waals surface area contributed by atoms with Gasteiger partial charge in [0.25, 0.3) is 5.91 Å². The molecule has 1 fully saturated rings. The van der Waals surface area contributed by atoms with Gasteiger partial charge in [-0.25, -0.2) is 4.98 Å². The minimum atomic E-state index is -0.270. The first kappa shape index (κ1) is 18.7. The topological polar surface area (TPSA) is 61.1 Å². The van der Waals surface area contributed by atoms with Crippen molar-refractivity contribution in [3.8, 4) is 0 Å². The molecule has 0 unspecified atom stereocenters. The summed E-state index contributed by atoms with van der Waals surface area (Å²) >= 11 is 0. The summed E-state index contributed by atoms with van der Waals surface area (Å²) < 4.78 is 2.01. The molecule has 1 aliphatic rings. The van der Waals surface area contributed by atoms with Crippen molar-refractivity contribution in [3.63, 3.8) is 0 Å². The van der Waals surface area contributed by atoms with Crippen molar-refractivity contribution in [1.29, 1.82) is 0 Å². The highest BCUT2D eigenvalue weighted by atomic mass is 16.3. The molecule has 1 N–H and O–H groups in total. The average Bonchev–Trinajstić information content (AvgIpc) is 3.05. The van der Waals surface area contributed by atoms with Crippen LogP contribution < -0.4 is 0 Å². The molecule has 6 heteroatoms. The van der Waals surface area contributed by atoms with E-state index in [1.807, 2.05) is 54.9 Å². The van der Waals surface area contributed by atoms with E-state index in [-0.39, 0.29) is 12.0 Å². The molecule has 0 spiro atoms. The van der Waals surface area contributed by atoms with Gasteiger partial charge in [0.05, 0.1) is 11.8 Å². The molecule has 1 amide bonds. The maximum atomic E-state index is 13.2. The Bertz CT molecular complexity index is 977. The Kier molecular flexibility index (Phi) is 5.15. The van der Waals surface area contributed by atoms with Gasteiger partial charge in [-0.2, -0.15) is 0 Å². The smallest absolute Gasteiger partial charge is 0.274 e. The number of aromatic nitrogens is 2. The Balaban J connectivity index is 1.59. The van der Waals surface area contributed by atoms with Gasteiger partial charge in [-0.15, -0.1) is 0 Å². The predicted molar refractivity (Wildman–Crippen MR) is 108 cm³/mol. The molecule has 6 nitrogen and oxygen atoms in total. The first-order chi connectivity index (χ1) is 13.5. The number of aliphatic hydroxyl groups is 1. The van der Waals surface area contributed by atoms with E-state index in [9.17, 15) is 9.90 Å². The van der Waals surface area contributed by atoms with Crippen molar-refractivity contribution in [2.45, 2.75) is 26.0 Å². The van der Waals surface area contributed by atoms with Gasteiger partial charge in [-0.05, 0) is 30.5 Å². The lowest BCUT2D eigenvalue weighted by molar-refractivity contribution is -0.00382. The molecular formula is C22H26N4O2. The zero-order chi connectivity index (χ0) is 19.7. The Morgan fingerprint density at radius 2 is 1.96 bits per heavy atom. The number of hydrogen-bond acceptors (Lipinski definition) is 4. The van der Waals surface area contributed by atoms with Crippen molar-refractivity contribution >= 4 is 11.6 Å². The van der Waals surface area contributed by atoms with Crippen LogP contribution in [0.25, 0.3) is 5.65 Å². The van der Waals surface area contributed by atoms with Crippen molar-refractivity contribution in [2.24, 2.45) is 0 Å². The number of carbonyl (C=O) groups is 1. The average molecular weight is 378 g/mol. The lowest BCUT2D eigenvalue weighted by Gasteiger charge is -2.35. The zero-order valence-corrected chi connectivity index (χ0v) is 16.4. The minimum Gasteiger partial charge on any atom is -0.390 e. The molecule has 1 saturated heterocycles. The van der Waals surface area contributed by atoms with Gasteiger partial charge in [0.1, 0.15) is 5.65 Å². The van der Waals surface area contributed by atoms with E-state index in [0.717, 1.165) is 23.3 Å². The third-order valence-corrected chi connectivity index (χ3v) is 5.38. The number of nitrogens with zero attached hydrogens (tertiary/aromatic N) is 4. The highest BCUT2D eigenvalue weighted by Gasteiger charge is 2.29. The normalized spacial score (nSPS) is 15.0. The lowest BCUT2D eigenvalue weighted by Crippen LogP contribution is -2.50. The van der Waals surface area contributed by atoms with Crippen LogP contribution in [0, 0.1) is 6.92 Å². The number of likely N-dealkylation sites (tertiary alicyclic amines) is 1. The first-order valence-corrected chi connectivity index (χ1v) is 9.69. The van der Waals surface area contributed by atoms with E-state index < -0.39 is 0 Å². The molecule has 0 bridgehead atoms. The zero-order valence-electron chi connectivity index (χ0n) is 16.4. The third-order valence-electron chi connectivity index (χ3n) is 5.38. The first-order valence-electron chi connectivity index (χ1n) is 9.69. The fourth-order valence-corrected chi connectivity index (χ4v) is 3.68. The summed E-state index contributed by atoms with van der Waals surface area (Å²) in [7, 11) is 1.83. The highest BCUT2D eigenvalue weighted by molar-refractivity contribution is 5.94. The Morgan fingerprint density at radius 3 is 2.68 bits per heavy atom. The molecule has 1 aromatic carbocycles. The van der Waals surface area contributed by atoms with Crippen molar-refractivity contribution < 1.29 is 9.90 Å². The number of β-amino-alcohol motifs (C(OH)–C–C–N with tert-alkyl or cyclic N) is 1. The molecule has 4 rings (SSSR count). The van der Waals surface area contributed by atoms with Gasteiger partial charge in [0, 0.05) is 39.4 Å². The van der Waals surface area contributed by atoms with Crippen molar-refractivity contribution in [1.82, 2.24) is 19.2 Å². The maximum absolute atomic E-state index is 13.2. The second kappa shape index (κ2) is 7.73. The van der Waals surface area contributed by atoms with Gasteiger partial charge in [0.15, 0.2) is 5.69 Å². The molecule has 1 aliphatic heterocycles. The number of pyridine rings is 1. The van der Waals surface area contributed by atoms with E-state index in [1.165, 1.54) is 5.56 Å². The van der Waals surface area contributed by atoms with E-state index in [4.69, 9.17) is 4.98 Å². The molecule has 0 atom stereocenters. The number of aliphatic hydroxyl groups excluding tert-OH is 1. The predicted octanol–water partition coefficient (Wildman–Crippen LogP) is 2.13.